The molecule has 9 heteroatoms. The van der Waals surface area contributed by atoms with Gasteiger partial charge >= 0.3 is 0 Å². The number of amides is 2. The smallest absolute Gasteiger partial charge is 0.244 e. The summed E-state index contributed by atoms with van der Waals surface area (Å²) in [5.74, 6) is -0.611. The largest absolute Gasteiger partial charge is 0.354 e. The first kappa shape index (κ1) is 31.2. The van der Waals surface area contributed by atoms with E-state index in [2.05, 4.69) is 5.32 Å². The molecule has 2 amide bonds. The molecule has 0 heterocycles. The number of anilines is 1. The van der Waals surface area contributed by atoms with E-state index in [-0.39, 0.29) is 24.8 Å². The maximum atomic E-state index is 14.1. The second kappa shape index (κ2) is 13.8. The number of sulfonamides is 1. The molecule has 0 fully saturated rings. The van der Waals surface area contributed by atoms with Crippen LogP contribution >= 0.6 is 11.6 Å². The molecule has 0 spiro atoms. The predicted molar refractivity (Wildman–Crippen MR) is 162 cm³/mol. The Morgan fingerprint density at radius 1 is 0.925 bits per heavy atom. The lowest BCUT2D eigenvalue weighted by Crippen LogP contribution is -2.53. The van der Waals surface area contributed by atoms with Crippen LogP contribution in [0.1, 0.15) is 36.1 Å². The summed E-state index contributed by atoms with van der Waals surface area (Å²) in [6, 6.07) is 21.1. The summed E-state index contributed by atoms with van der Waals surface area (Å²) in [5.41, 5.74) is 3.68. The molecule has 0 unspecified atom stereocenters. The standard InChI is InChI=1S/C31H38ClN3O4S/c1-22(2)19-33-31(37)29(18-25-11-7-6-8-12-25)34(20-26-13-9-10-14-28(26)32)30(36)21-35(40(5,38)39)27-16-23(3)15-24(4)17-27/h6-17,22,29H,18-21H2,1-5H3,(H,33,37)/t29-/m0/s1. The van der Waals surface area contributed by atoms with Gasteiger partial charge in [0.1, 0.15) is 12.6 Å². The normalized spacial score (nSPS) is 12.2. The van der Waals surface area contributed by atoms with E-state index in [1.165, 1.54) is 4.90 Å². The van der Waals surface area contributed by atoms with Crippen molar-refractivity contribution in [1.29, 1.82) is 0 Å². The third-order valence-corrected chi connectivity index (χ3v) is 7.94. The Labute approximate surface area is 243 Å². The molecular weight excluding hydrogens is 546 g/mol. The zero-order valence-electron chi connectivity index (χ0n) is 23.7. The topological polar surface area (TPSA) is 86.8 Å². The van der Waals surface area contributed by atoms with Crippen molar-refractivity contribution in [3.63, 3.8) is 0 Å². The molecule has 1 N–H and O–H groups in total. The highest BCUT2D eigenvalue weighted by molar-refractivity contribution is 7.92. The number of benzene rings is 3. The van der Waals surface area contributed by atoms with Crippen LogP contribution in [0, 0.1) is 19.8 Å². The highest BCUT2D eigenvalue weighted by Crippen LogP contribution is 2.24. The van der Waals surface area contributed by atoms with Gasteiger partial charge in [0.15, 0.2) is 0 Å². The van der Waals surface area contributed by atoms with Gasteiger partial charge in [-0.3, -0.25) is 13.9 Å². The number of nitrogens with zero attached hydrogens (tertiary/aromatic N) is 2. The van der Waals surface area contributed by atoms with Crippen molar-refractivity contribution in [3.05, 3.63) is 100 Å². The minimum absolute atomic E-state index is 0.0373. The lowest BCUT2D eigenvalue weighted by Gasteiger charge is -2.34. The van der Waals surface area contributed by atoms with Crippen LogP contribution in [0.4, 0.5) is 5.69 Å². The molecule has 3 aromatic rings. The Balaban J connectivity index is 2.07. The molecule has 0 radical (unpaired) electrons. The Bertz CT molecular complexity index is 1410. The average molecular weight is 584 g/mol. The number of hydrogen-bond acceptors (Lipinski definition) is 4. The third kappa shape index (κ3) is 8.83. The lowest BCUT2D eigenvalue weighted by atomic mass is 10.0. The summed E-state index contributed by atoms with van der Waals surface area (Å²) in [6.07, 6.45) is 1.33. The molecule has 0 aliphatic rings. The number of halogens is 1. The summed E-state index contributed by atoms with van der Waals surface area (Å²) in [5, 5.41) is 3.42. The number of carbonyl (C=O) groups is 2. The zero-order chi connectivity index (χ0) is 29.4. The molecule has 3 aromatic carbocycles. The highest BCUT2D eigenvalue weighted by atomic mass is 35.5. The van der Waals surface area contributed by atoms with Crippen LogP contribution in [-0.4, -0.2) is 50.5 Å². The molecule has 1 atom stereocenters. The van der Waals surface area contributed by atoms with Crippen LogP contribution in [0.5, 0.6) is 0 Å². The number of hydrogen-bond donors (Lipinski definition) is 1. The van der Waals surface area contributed by atoms with Crippen molar-refractivity contribution in [2.45, 2.75) is 46.7 Å². The van der Waals surface area contributed by atoms with Gasteiger partial charge in [-0.2, -0.15) is 0 Å². The van der Waals surface area contributed by atoms with Crippen molar-refractivity contribution in [2.75, 3.05) is 23.7 Å². The average Bonchev–Trinajstić information content (AvgIpc) is 2.88. The van der Waals surface area contributed by atoms with E-state index in [1.807, 2.05) is 70.2 Å². The predicted octanol–water partition coefficient (Wildman–Crippen LogP) is 5.14. The number of carbonyl (C=O) groups excluding carboxylic acids is 2. The summed E-state index contributed by atoms with van der Waals surface area (Å²) < 4.78 is 27.0. The minimum Gasteiger partial charge on any atom is -0.354 e. The molecular formula is C31H38ClN3O4S. The van der Waals surface area contributed by atoms with Gasteiger partial charge in [0.05, 0.1) is 11.9 Å². The van der Waals surface area contributed by atoms with E-state index >= 15 is 0 Å². The number of aryl methyl sites for hydroxylation is 2. The van der Waals surface area contributed by atoms with Crippen molar-refractivity contribution < 1.29 is 18.0 Å². The molecule has 0 aliphatic heterocycles. The number of rotatable bonds is 12. The molecule has 0 aliphatic carbocycles. The van der Waals surface area contributed by atoms with Gasteiger partial charge < -0.3 is 10.2 Å². The van der Waals surface area contributed by atoms with Gasteiger partial charge in [0.2, 0.25) is 21.8 Å². The maximum Gasteiger partial charge on any atom is 0.244 e. The number of nitrogens with one attached hydrogen (secondary N) is 1. The third-order valence-electron chi connectivity index (χ3n) is 6.43. The first-order chi connectivity index (χ1) is 18.8. The van der Waals surface area contributed by atoms with Gasteiger partial charge in [-0.25, -0.2) is 8.42 Å². The van der Waals surface area contributed by atoms with Crippen molar-refractivity contribution in [2.24, 2.45) is 5.92 Å². The van der Waals surface area contributed by atoms with Gasteiger partial charge in [-0.05, 0) is 60.2 Å². The zero-order valence-corrected chi connectivity index (χ0v) is 25.3. The van der Waals surface area contributed by atoms with Crippen LogP contribution in [0.2, 0.25) is 5.02 Å². The van der Waals surface area contributed by atoms with E-state index < -0.39 is 28.5 Å². The van der Waals surface area contributed by atoms with Gasteiger partial charge in [-0.1, -0.05) is 80.0 Å². The van der Waals surface area contributed by atoms with Crippen molar-refractivity contribution in [1.82, 2.24) is 10.2 Å². The fraction of sp³-hybridized carbons (Fsp3) is 0.355. The van der Waals surface area contributed by atoms with Crippen LogP contribution in [0.15, 0.2) is 72.8 Å². The van der Waals surface area contributed by atoms with E-state index in [0.29, 0.717) is 22.8 Å². The van der Waals surface area contributed by atoms with Crippen LogP contribution < -0.4 is 9.62 Å². The molecule has 0 aromatic heterocycles. The fourth-order valence-corrected chi connectivity index (χ4v) is 5.52. The summed E-state index contributed by atoms with van der Waals surface area (Å²) in [6.45, 7) is 7.75. The first-order valence-electron chi connectivity index (χ1n) is 13.3. The monoisotopic (exact) mass is 583 g/mol. The molecule has 3 rings (SSSR count). The molecule has 0 saturated carbocycles. The molecule has 0 saturated heterocycles. The van der Waals surface area contributed by atoms with E-state index in [9.17, 15) is 18.0 Å². The fourth-order valence-electron chi connectivity index (χ4n) is 4.49. The van der Waals surface area contributed by atoms with Crippen LogP contribution in [0.3, 0.4) is 0 Å². The van der Waals surface area contributed by atoms with Gasteiger partial charge in [0.25, 0.3) is 0 Å². The van der Waals surface area contributed by atoms with Crippen molar-refractivity contribution in [3.8, 4) is 0 Å². The van der Waals surface area contributed by atoms with Gasteiger partial charge in [-0.15, -0.1) is 0 Å². The van der Waals surface area contributed by atoms with Crippen LogP contribution in [0.25, 0.3) is 0 Å². The maximum absolute atomic E-state index is 14.1. The van der Waals surface area contributed by atoms with Crippen molar-refractivity contribution >= 4 is 39.1 Å². The van der Waals surface area contributed by atoms with E-state index in [4.69, 9.17) is 11.6 Å². The molecule has 214 valence electrons. The summed E-state index contributed by atoms with van der Waals surface area (Å²) >= 11 is 6.48. The quantitative estimate of drug-likeness (QED) is 0.320. The first-order valence-corrected chi connectivity index (χ1v) is 15.5. The molecule has 7 nitrogen and oxygen atoms in total. The Kier molecular flexibility index (Phi) is 10.8. The van der Waals surface area contributed by atoms with E-state index in [1.54, 1.807) is 30.3 Å². The second-order valence-electron chi connectivity index (χ2n) is 10.6. The second-order valence-corrected chi connectivity index (χ2v) is 12.9. The highest BCUT2D eigenvalue weighted by Gasteiger charge is 2.33. The Morgan fingerprint density at radius 3 is 2.10 bits per heavy atom. The Hall–Kier alpha value is -3.36. The van der Waals surface area contributed by atoms with E-state index in [0.717, 1.165) is 27.3 Å². The van der Waals surface area contributed by atoms with Crippen LogP contribution in [-0.2, 0) is 32.6 Å². The summed E-state index contributed by atoms with van der Waals surface area (Å²) in [7, 11) is -3.83. The minimum atomic E-state index is -3.83. The van der Waals surface area contributed by atoms with Gasteiger partial charge in [0, 0.05) is 24.5 Å². The SMILES string of the molecule is Cc1cc(C)cc(N(CC(=O)N(Cc2ccccc2Cl)[C@@H](Cc2ccccc2)C(=O)NCC(C)C)S(C)(=O)=O)c1. The molecule has 0 bridgehead atoms. The summed E-state index contributed by atoms with van der Waals surface area (Å²) in [4.78, 5) is 29.2. The molecule has 40 heavy (non-hydrogen) atoms. The Morgan fingerprint density at radius 2 is 1.52 bits per heavy atom. The lowest BCUT2D eigenvalue weighted by molar-refractivity contribution is -0.140.